The van der Waals surface area contributed by atoms with E-state index in [9.17, 15) is 0 Å². The first-order valence-corrected chi connectivity index (χ1v) is 16.6. The molecule has 49 heavy (non-hydrogen) atoms. The number of pyridine rings is 1. The van der Waals surface area contributed by atoms with Crippen molar-refractivity contribution in [2.24, 2.45) is 0 Å². The summed E-state index contributed by atoms with van der Waals surface area (Å²) in [5.41, 5.74) is 14.7. The Morgan fingerprint density at radius 1 is 0.327 bits per heavy atom. The summed E-state index contributed by atoms with van der Waals surface area (Å²) < 4.78 is 0. The summed E-state index contributed by atoms with van der Waals surface area (Å²) in [6.45, 7) is 0. The highest BCUT2D eigenvalue weighted by Crippen LogP contribution is 2.62. The predicted octanol–water partition coefficient (Wildman–Crippen LogP) is 10.3. The Morgan fingerprint density at radius 2 is 0.796 bits per heavy atom. The Hall–Kier alpha value is -6.52. The number of hydrogen-bond acceptors (Lipinski definition) is 4. The second-order valence-electron chi connectivity index (χ2n) is 12.6. The van der Waals surface area contributed by atoms with Gasteiger partial charge in [-0.05, 0) is 56.6 Å². The Bertz CT molecular complexity index is 2420. The van der Waals surface area contributed by atoms with Crippen molar-refractivity contribution in [3.05, 3.63) is 192 Å². The van der Waals surface area contributed by atoms with Crippen molar-refractivity contribution >= 4 is 0 Å². The molecule has 0 fully saturated rings. The second kappa shape index (κ2) is 10.8. The van der Waals surface area contributed by atoms with Gasteiger partial charge in [0, 0.05) is 28.5 Å². The topological polar surface area (TPSA) is 51.6 Å². The summed E-state index contributed by atoms with van der Waals surface area (Å²) >= 11 is 0. The fraction of sp³-hybridized carbons (Fsp3) is 0.0222. The summed E-state index contributed by atoms with van der Waals surface area (Å²) in [6, 6.07) is 57.7. The van der Waals surface area contributed by atoms with E-state index in [0.717, 1.165) is 33.5 Å². The molecule has 0 saturated carbocycles. The smallest absolute Gasteiger partial charge is 0.164 e. The molecule has 6 aromatic carbocycles. The fourth-order valence-electron chi connectivity index (χ4n) is 7.87. The highest BCUT2D eigenvalue weighted by atomic mass is 15.0. The zero-order valence-electron chi connectivity index (χ0n) is 26.5. The number of rotatable bonds is 4. The van der Waals surface area contributed by atoms with E-state index in [1.807, 2.05) is 66.9 Å². The number of aromatic nitrogens is 4. The van der Waals surface area contributed by atoms with Crippen molar-refractivity contribution in [1.82, 2.24) is 19.9 Å². The molecule has 4 heteroatoms. The van der Waals surface area contributed by atoms with E-state index in [4.69, 9.17) is 19.9 Å². The van der Waals surface area contributed by atoms with E-state index in [0.29, 0.717) is 17.5 Å². The number of benzene rings is 6. The van der Waals surface area contributed by atoms with E-state index < -0.39 is 5.41 Å². The molecule has 0 radical (unpaired) electrons. The molecule has 228 valence electrons. The zero-order valence-corrected chi connectivity index (χ0v) is 26.5. The van der Waals surface area contributed by atoms with Crippen LogP contribution in [0.4, 0.5) is 0 Å². The number of hydrogen-bond donors (Lipinski definition) is 0. The van der Waals surface area contributed by atoms with Crippen molar-refractivity contribution in [2.75, 3.05) is 0 Å². The third-order valence-corrected chi connectivity index (χ3v) is 10.0. The Kier molecular flexibility index (Phi) is 6.06. The van der Waals surface area contributed by atoms with Gasteiger partial charge in [0.25, 0.3) is 0 Å². The van der Waals surface area contributed by atoms with E-state index in [1.165, 1.54) is 38.9 Å². The SMILES string of the molecule is c1ccc(-c2nc(-c3ccccc3)nc(-c3ccc(-c4ccc5c(c4)C4(c6ccccc6-c6ccccc64)c4cccnc4-5)cc3)n2)cc1. The van der Waals surface area contributed by atoms with E-state index in [-0.39, 0.29) is 0 Å². The summed E-state index contributed by atoms with van der Waals surface area (Å²) in [7, 11) is 0. The molecule has 4 nitrogen and oxygen atoms in total. The minimum atomic E-state index is -0.422. The molecule has 2 aliphatic carbocycles. The number of fused-ring (bicyclic) bond motifs is 10. The van der Waals surface area contributed by atoms with Crippen LogP contribution in [-0.2, 0) is 5.41 Å². The average molecular weight is 625 g/mol. The van der Waals surface area contributed by atoms with E-state index in [1.54, 1.807) is 0 Å². The van der Waals surface area contributed by atoms with Crippen molar-refractivity contribution in [2.45, 2.75) is 5.41 Å². The van der Waals surface area contributed by atoms with Crippen molar-refractivity contribution < 1.29 is 0 Å². The molecule has 2 aliphatic rings. The minimum Gasteiger partial charge on any atom is -0.256 e. The van der Waals surface area contributed by atoms with E-state index in [2.05, 4.69) is 103 Å². The molecular formula is C45H28N4. The van der Waals surface area contributed by atoms with Crippen LogP contribution in [0.25, 0.3) is 67.7 Å². The van der Waals surface area contributed by atoms with Gasteiger partial charge in [0.05, 0.1) is 11.1 Å². The van der Waals surface area contributed by atoms with Crippen LogP contribution >= 0.6 is 0 Å². The molecule has 0 saturated heterocycles. The Labute approximate surface area is 284 Å². The summed E-state index contributed by atoms with van der Waals surface area (Å²) in [4.78, 5) is 19.7. The number of nitrogens with zero attached hydrogens (tertiary/aromatic N) is 4. The molecule has 0 N–H and O–H groups in total. The Morgan fingerprint density at radius 3 is 1.39 bits per heavy atom. The van der Waals surface area contributed by atoms with Gasteiger partial charge in [-0.25, -0.2) is 15.0 Å². The van der Waals surface area contributed by atoms with Gasteiger partial charge in [-0.3, -0.25) is 4.98 Å². The molecule has 0 aliphatic heterocycles. The lowest BCUT2D eigenvalue weighted by molar-refractivity contribution is 0.791. The second-order valence-corrected chi connectivity index (χ2v) is 12.6. The predicted molar refractivity (Wildman–Crippen MR) is 196 cm³/mol. The molecule has 0 amide bonds. The maximum Gasteiger partial charge on any atom is 0.164 e. The molecule has 1 spiro atoms. The van der Waals surface area contributed by atoms with Crippen LogP contribution < -0.4 is 0 Å². The van der Waals surface area contributed by atoms with Gasteiger partial charge in [0.2, 0.25) is 0 Å². The molecule has 8 aromatic rings. The van der Waals surface area contributed by atoms with Gasteiger partial charge in [-0.1, -0.05) is 152 Å². The minimum absolute atomic E-state index is 0.422. The molecule has 2 aromatic heterocycles. The summed E-state index contributed by atoms with van der Waals surface area (Å²) in [5.74, 6) is 1.96. The lowest BCUT2D eigenvalue weighted by Crippen LogP contribution is -2.25. The quantitative estimate of drug-likeness (QED) is 0.196. The highest BCUT2D eigenvalue weighted by Gasteiger charge is 2.52. The van der Waals surface area contributed by atoms with Crippen LogP contribution in [0.1, 0.15) is 22.3 Å². The first kappa shape index (κ1) is 27.6. The van der Waals surface area contributed by atoms with Gasteiger partial charge < -0.3 is 0 Å². The highest BCUT2D eigenvalue weighted by molar-refractivity contribution is 5.94. The first-order valence-electron chi connectivity index (χ1n) is 16.6. The van der Waals surface area contributed by atoms with Crippen molar-refractivity contribution in [3.63, 3.8) is 0 Å². The third-order valence-electron chi connectivity index (χ3n) is 10.0. The van der Waals surface area contributed by atoms with Crippen LogP contribution in [0.5, 0.6) is 0 Å². The van der Waals surface area contributed by atoms with Crippen LogP contribution in [0.3, 0.4) is 0 Å². The lowest BCUT2D eigenvalue weighted by Gasteiger charge is -2.30. The maximum absolute atomic E-state index is 4.95. The molecular weight excluding hydrogens is 597 g/mol. The fourth-order valence-corrected chi connectivity index (χ4v) is 7.87. The van der Waals surface area contributed by atoms with Crippen LogP contribution in [0.2, 0.25) is 0 Å². The summed E-state index contributed by atoms with van der Waals surface area (Å²) in [5, 5.41) is 0. The van der Waals surface area contributed by atoms with Gasteiger partial charge in [0.15, 0.2) is 17.5 Å². The molecule has 10 rings (SSSR count). The van der Waals surface area contributed by atoms with E-state index >= 15 is 0 Å². The monoisotopic (exact) mass is 624 g/mol. The van der Waals surface area contributed by atoms with Crippen LogP contribution in [-0.4, -0.2) is 19.9 Å². The van der Waals surface area contributed by atoms with Crippen LogP contribution in [0.15, 0.2) is 170 Å². The van der Waals surface area contributed by atoms with Gasteiger partial charge >= 0.3 is 0 Å². The zero-order chi connectivity index (χ0) is 32.4. The van der Waals surface area contributed by atoms with Crippen molar-refractivity contribution in [3.8, 4) is 67.7 Å². The van der Waals surface area contributed by atoms with Gasteiger partial charge in [0.1, 0.15) is 0 Å². The lowest BCUT2D eigenvalue weighted by atomic mass is 9.70. The van der Waals surface area contributed by atoms with Crippen molar-refractivity contribution in [1.29, 1.82) is 0 Å². The largest absolute Gasteiger partial charge is 0.256 e. The third kappa shape index (κ3) is 4.11. The standard InChI is InChI=1S/C45H28N4/c1-3-12-30(13-4-1)42-47-43(31-14-5-2-6-15-31)49-44(48-42)32-23-21-29(22-24-32)33-25-26-36-40(28-33)45(39-20-11-27-46-41(36)39)37-18-9-7-16-34(37)35-17-8-10-19-38(35)45/h1-28H. The normalized spacial score (nSPS) is 13.1. The van der Waals surface area contributed by atoms with Crippen LogP contribution in [0, 0.1) is 0 Å². The molecule has 0 atom stereocenters. The molecule has 0 unspecified atom stereocenters. The Balaban J connectivity index is 1.10. The molecule has 0 bridgehead atoms. The first-order chi connectivity index (χ1) is 24.3. The maximum atomic E-state index is 4.95. The molecule has 2 heterocycles. The summed E-state index contributed by atoms with van der Waals surface area (Å²) in [6.07, 6.45) is 1.91. The van der Waals surface area contributed by atoms with Gasteiger partial charge in [-0.2, -0.15) is 0 Å². The average Bonchev–Trinajstić information content (AvgIpc) is 3.66. The van der Waals surface area contributed by atoms with Gasteiger partial charge in [-0.15, -0.1) is 0 Å².